The Morgan fingerprint density at radius 1 is 1.35 bits per heavy atom. The lowest BCUT2D eigenvalue weighted by molar-refractivity contribution is -0.148. The third-order valence-corrected chi connectivity index (χ3v) is 4.77. The average Bonchev–Trinajstić information content (AvgIpc) is 3.09. The normalized spacial score (nSPS) is 28.5. The second kappa shape index (κ2) is 6.10. The number of nitrogens with two attached hydrogens (primary N) is 1. The molecule has 0 spiro atoms. The second-order valence-corrected chi connectivity index (χ2v) is 5.83. The molecule has 0 aromatic carbocycles. The lowest BCUT2D eigenvalue weighted by atomic mass is 9.83. The van der Waals surface area contributed by atoms with E-state index in [1.165, 1.54) is 0 Å². The van der Waals surface area contributed by atoms with Gasteiger partial charge >= 0.3 is 5.97 Å². The van der Waals surface area contributed by atoms with Gasteiger partial charge in [-0.15, -0.1) is 0 Å². The van der Waals surface area contributed by atoms with Crippen LogP contribution < -0.4 is 5.73 Å². The van der Waals surface area contributed by atoms with Crippen LogP contribution in [0.2, 0.25) is 0 Å². The van der Waals surface area contributed by atoms with Crippen molar-refractivity contribution in [3.63, 3.8) is 0 Å². The van der Waals surface area contributed by atoms with E-state index in [0.717, 1.165) is 25.7 Å². The third kappa shape index (κ3) is 2.54. The average molecular weight is 284 g/mol. The molecule has 1 saturated carbocycles. The van der Waals surface area contributed by atoms with Crippen molar-refractivity contribution in [3.8, 4) is 0 Å². The van der Waals surface area contributed by atoms with Gasteiger partial charge in [0.2, 0.25) is 5.91 Å². The predicted octanol–water partition coefficient (Wildman–Crippen LogP) is 0.454. The SMILES string of the molecule is CCN(C(=O)C1(CN)CCCC1)C1COCC1C(=O)O. The Morgan fingerprint density at radius 3 is 2.50 bits per heavy atom. The van der Waals surface area contributed by atoms with Gasteiger partial charge < -0.3 is 20.5 Å². The van der Waals surface area contributed by atoms with E-state index in [1.807, 2.05) is 6.92 Å². The zero-order valence-electron chi connectivity index (χ0n) is 12.0. The molecule has 0 aromatic heterocycles. The van der Waals surface area contributed by atoms with E-state index < -0.39 is 17.3 Å². The number of carboxylic acid groups (broad SMARTS) is 1. The van der Waals surface area contributed by atoms with Crippen LogP contribution >= 0.6 is 0 Å². The van der Waals surface area contributed by atoms with Gasteiger partial charge in [-0.05, 0) is 19.8 Å². The molecule has 1 saturated heterocycles. The standard InChI is InChI=1S/C14H24N2O4/c1-2-16(11-8-20-7-10(11)12(17)18)13(19)14(9-15)5-3-4-6-14/h10-11H,2-9,15H2,1H3,(H,17,18). The molecule has 1 aliphatic carbocycles. The van der Waals surface area contributed by atoms with Crippen LogP contribution in [0.25, 0.3) is 0 Å². The second-order valence-electron chi connectivity index (χ2n) is 5.83. The van der Waals surface area contributed by atoms with Crippen molar-refractivity contribution in [3.05, 3.63) is 0 Å². The van der Waals surface area contributed by atoms with Gasteiger partial charge in [0.25, 0.3) is 0 Å². The molecule has 0 radical (unpaired) electrons. The van der Waals surface area contributed by atoms with Crippen LogP contribution in [0.1, 0.15) is 32.6 Å². The fourth-order valence-corrected chi connectivity index (χ4v) is 3.48. The van der Waals surface area contributed by atoms with E-state index in [-0.39, 0.29) is 18.6 Å². The highest BCUT2D eigenvalue weighted by Gasteiger charge is 2.47. The zero-order valence-corrected chi connectivity index (χ0v) is 12.0. The van der Waals surface area contributed by atoms with Crippen LogP contribution in [0, 0.1) is 11.3 Å². The number of hydrogen-bond donors (Lipinski definition) is 2. The Morgan fingerprint density at radius 2 is 2.00 bits per heavy atom. The van der Waals surface area contributed by atoms with Gasteiger partial charge in [-0.3, -0.25) is 9.59 Å². The Bertz CT molecular complexity index is 379. The lowest BCUT2D eigenvalue weighted by Crippen LogP contribution is -2.53. The fraction of sp³-hybridized carbons (Fsp3) is 0.857. The van der Waals surface area contributed by atoms with Gasteiger partial charge in [0.15, 0.2) is 0 Å². The number of carboxylic acids is 1. The molecule has 114 valence electrons. The van der Waals surface area contributed by atoms with E-state index in [9.17, 15) is 14.7 Å². The maximum absolute atomic E-state index is 12.9. The number of nitrogens with zero attached hydrogens (tertiary/aromatic N) is 1. The summed E-state index contributed by atoms with van der Waals surface area (Å²) in [5, 5.41) is 9.25. The van der Waals surface area contributed by atoms with Crippen LogP contribution in [-0.2, 0) is 14.3 Å². The van der Waals surface area contributed by atoms with Crippen LogP contribution in [0.15, 0.2) is 0 Å². The van der Waals surface area contributed by atoms with Crippen molar-refractivity contribution in [1.82, 2.24) is 4.90 Å². The molecule has 1 heterocycles. The zero-order chi connectivity index (χ0) is 14.8. The summed E-state index contributed by atoms with van der Waals surface area (Å²) in [6, 6.07) is -0.367. The highest BCUT2D eigenvalue weighted by atomic mass is 16.5. The van der Waals surface area contributed by atoms with Crippen LogP contribution in [0.3, 0.4) is 0 Å². The van der Waals surface area contributed by atoms with Gasteiger partial charge in [0.1, 0.15) is 5.92 Å². The summed E-state index contributed by atoms with van der Waals surface area (Å²) in [5.74, 6) is -1.51. The van der Waals surface area contributed by atoms with E-state index in [0.29, 0.717) is 19.7 Å². The highest BCUT2D eigenvalue weighted by Crippen LogP contribution is 2.40. The molecule has 6 heteroatoms. The van der Waals surface area contributed by atoms with Crippen LogP contribution in [0.5, 0.6) is 0 Å². The van der Waals surface area contributed by atoms with Gasteiger partial charge in [-0.2, -0.15) is 0 Å². The van der Waals surface area contributed by atoms with Gasteiger partial charge in [0, 0.05) is 13.1 Å². The topological polar surface area (TPSA) is 92.9 Å². The van der Waals surface area contributed by atoms with Gasteiger partial charge in [-0.25, -0.2) is 0 Å². The number of rotatable bonds is 5. The maximum Gasteiger partial charge on any atom is 0.311 e. The summed E-state index contributed by atoms with van der Waals surface area (Å²) < 4.78 is 5.29. The van der Waals surface area contributed by atoms with Crippen molar-refractivity contribution in [2.45, 2.75) is 38.6 Å². The molecule has 6 nitrogen and oxygen atoms in total. The van der Waals surface area contributed by atoms with E-state index in [4.69, 9.17) is 10.5 Å². The molecule has 2 rings (SSSR count). The molecule has 2 atom stereocenters. The molecule has 2 unspecified atom stereocenters. The smallest absolute Gasteiger partial charge is 0.311 e. The Kier molecular flexibility index (Phi) is 4.65. The summed E-state index contributed by atoms with van der Waals surface area (Å²) in [6.07, 6.45) is 3.66. The van der Waals surface area contributed by atoms with Gasteiger partial charge in [-0.1, -0.05) is 12.8 Å². The molecule has 3 N–H and O–H groups in total. The molecule has 0 aromatic rings. The quantitative estimate of drug-likeness (QED) is 0.765. The van der Waals surface area contributed by atoms with Crippen molar-refractivity contribution in [2.24, 2.45) is 17.1 Å². The number of hydrogen-bond acceptors (Lipinski definition) is 4. The number of amides is 1. The first-order chi connectivity index (χ1) is 9.55. The lowest BCUT2D eigenvalue weighted by Gasteiger charge is -2.37. The summed E-state index contributed by atoms with van der Waals surface area (Å²) in [5.41, 5.74) is 5.38. The van der Waals surface area contributed by atoms with Crippen molar-refractivity contribution in [1.29, 1.82) is 0 Å². The Balaban J connectivity index is 2.19. The number of ether oxygens (including phenoxy) is 1. The molecule has 1 aliphatic heterocycles. The van der Waals surface area contributed by atoms with Gasteiger partial charge in [0.05, 0.1) is 24.7 Å². The first-order valence-corrected chi connectivity index (χ1v) is 7.37. The molecule has 2 aliphatic rings. The summed E-state index contributed by atoms with van der Waals surface area (Å²) in [6.45, 7) is 3.21. The van der Waals surface area contributed by atoms with Crippen LogP contribution in [-0.4, -0.2) is 54.2 Å². The van der Waals surface area contributed by atoms with Crippen molar-refractivity contribution < 1.29 is 19.4 Å². The largest absolute Gasteiger partial charge is 0.481 e. The number of aliphatic carboxylic acids is 1. The van der Waals surface area contributed by atoms with Crippen LogP contribution in [0.4, 0.5) is 0 Å². The molecular weight excluding hydrogens is 260 g/mol. The monoisotopic (exact) mass is 284 g/mol. The first kappa shape index (κ1) is 15.3. The summed E-state index contributed by atoms with van der Waals surface area (Å²) in [4.78, 5) is 25.8. The fourth-order valence-electron chi connectivity index (χ4n) is 3.48. The Hall–Kier alpha value is -1.14. The van der Waals surface area contributed by atoms with E-state index >= 15 is 0 Å². The van der Waals surface area contributed by atoms with Crippen molar-refractivity contribution in [2.75, 3.05) is 26.3 Å². The predicted molar refractivity (Wildman–Crippen MR) is 73.1 cm³/mol. The molecule has 20 heavy (non-hydrogen) atoms. The first-order valence-electron chi connectivity index (χ1n) is 7.37. The molecular formula is C14H24N2O4. The number of carbonyl (C=O) groups is 2. The molecule has 0 bridgehead atoms. The van der Waals surface area contributed by atoms with E-state index in [1.54, 1.807) is 4.90 Å². The number of carbonyl (C=O) groups excluding carboxylic acids is 1. The van der Waals surface area contributed by atoms with Crippen molar-refractivity contribution >= 4 is 11.9 Å². The Labute approximate surface area is 119 Å². The minimum Gasteiger partial charge on any atom is -0.481 e. The summed E-state index contributed by atoms with van der Waals surface area (Å²) >= 11 is 0. The molecule has 1 amide bonds. The third-order valence-electron chi connectivity index (χ3n) is 4.77. The highest BCUT2D eigenvalue weighted by molar-refractivity contribution is 5.84. The minimum atomic E-state index is -0.896. The molecule has 2 fully saturated rings. The summed E-state index contributed by atoms with van der Waals surface area (Å²) in [7, 11) is 0. The maximum atomic E-state index is 12.9. The minimum absolute atomic E-state index is 0.0155. The number of likely N-dealkylation sites (N-methyl/N-ethyl adjacent to an activating group) is 1. The van der Waals surface area contributed by atoms with E-state index in [2.05, 4.69) is 0 Å².